The van der Waals surface area contributed by atoms with Gasteiger partial charge in [0.15, 0.2) is 0 Å². The molecule has 1 aliphatic heterocycles. The van der Waals surface area contributed by atoms with E-state index in [2.05, 4.69) is 16.8 Å². The summed E-state index contributed by atoms with van der Waals surface area (Å²) in [7, 11) is 0. The molecule has 0 aliphatic carbocycles. The quantitative estimate of drug-likeness (QED) is 0.892. The van der Waals surface area contributed by atoms with E-state index in [1.807, 2.05) is 12.4 Å². The van der Waals surface area contributed by atoms with Crippen molar-refractivity contribution in [3.05, 3.63) is 16.1 Å². The average Bonchev–Trinajstić information content (AvgIpc) is 2.73. The van der Waals surface area contributed by atoms with Gasteiger partial charge < -0.3 is 5.11 Å². The smallest absolute Gasteiger partial charge is 0.0797 e. The minimum atomic E-state index is -0.180. The van der Waals surface area contributed by atoms with Crippen LogP contribution in [0.3, 0.4) is 0 Å². The number of aliphatic hydroxyl groups is 1. The first kappa shape index (κ1) is 14.0. The Morgan fingerprint density at radius 3 is 3.06 bits per heavy atom. The van der Waals surface area contributed by atoms with Crippen LogP contribution in [0.5, 0.6) is 0 Å². The van der Waals surface area contributed by atoms with Gasteiger partial charge in [-0.25, -0.2) is 4.98 Å². The van der Waals surface area contributed by atoms with Crippen LogP contribution in [0.1, 0.15) is 43.2 Å². The molecule has 0 amide bonds. The van der Waals surface area contributed by atoms with Gasteiger partial charge in [-0.05, 0) is 46.1 Å². The molecule has 0 radical (unpaired) electrons. The molecule has 1 saturated heterocycles. The number of nitrogens with zero attached hydrogens (tertiary/aromatic N) is 2. The molecule has 0 spiro atoms. The van der Waals surface area contributed by atoms with Crippen molar-refractivity contribution >= 4 is 11.3 Å². The number of rotatable bonds is 5. The number of aromatic nitrogens is 1. The van der Waals surface area contributed by atoms with Gasteiger partial charge in [0, 0.05) is 17.5 Å². The maximum atomic E-state index is 9.58. The number of piperidine rings is 1. The van der Waals surface area contributed by atoms with Crippen molar-refractivity contribution in [2.24, 2.45) is 0 Å². The third-order valence-corrected chi connectivity index (χ3v) is 4.83. The molecule has 1 aromatic heterocycles. The van der Waals surface area contributed by atoms with Gasteiger partial charge in [-0.2, -0.15) is 0 Å². The molecular formula is C14H24N2OS. The molecule has 3 nitrogen and oxygen atoms in total. The number of aliphatic hydroxyl groups excluding tert-OH is 1. The molecule has 1 fully saturated rings. The van der Waals surface area contributed by atoms with Crippen LogP contribution in [-0.2, 0) is 6.42 Å². The molecule has 2 atom stereocenters. The van der Waals surface area contributed by atoms with Gasteiger partial charge in [-0.1, -0.05) is 6.42 Å². The van der Waals surface area contributed by atoms with Gasteiger partial charge in [0.25, 0.3) is 0 Å². The van der Waals surface area contributed by atoms with Gasteiger partial charge in [0.05, 0.1) is 17.3 Å². The van der Waals surface area contributed by atoms with E-state index in [1.54, 1.807) is 11.3 Å². The van der Waals surface area contributed by atoms with Gasteiger partial charge in [-0.3, -0.25) is 4.90 Å². The summed E-state index contributed by atoms with van der Waals surface area (Å²) in [5.41, 5.74) is 3.12. The van der Waals surface area contributed by atoms with Crippen molar-refractivity contribution in [1.82, 2.24) is 9.88 Å². The van der Waals surface area contributed by atoms with Crippen LogP contribution in [0.25, 0.3) is 0 Å². The molecule has 2 unspecified atom stereocenters. The minimum Gasteiger partial charge on any atom is -0.393 e. The lowest BCUT2D eigenvalue weighted by molar-refractivity contribution is 0.0878. The molecule has 18 heavy (non-hydrogen) atoms. The van der Waals surface area contributed by atoms with Gasteiger partial charge >= 0.3 is 0 Å². The summed E-state index contributed by atoms with van der Waals surface area (Å²) in [4.78, 5) is 8.29. The highest BCUT2D eigenvalue weighted by molar-refractivity contribution is 7.09. The van der Waals surface area contributed by atoms with Crippen molar-refractivity contribution in [3.8, 4) is 0 Å². The first-order chi connectivity index (χ1) is 8.66. The predicted octanol–water partition coefficient (Wildman–Crippen LogP) is 2.62. The SMILES string of the molecule is Cc1ncsc1CCN1CCCCC1CC(C)O. The van der Waals surface area contributed by atoms with Crippen molar-refractivity contribution in [2.45, 2.75) is 58.1 Å². The van der Waals surface area contributed by atoms with Crippen molar-refractivity contribution < 1.29 is 5.11 Å². The Kier molecular flexibility index (Phi) is 5.15. The Balaban J connectivity index is 1.87. The van der Waals surface area contributed by atoms with E-state index in [-0.39, 0.29) is 6.10 Å². The summed E-state index contributed by atoms with van der Waals surface area (Å²) in [6, 6.07) is 0.576. The van der Waals surface area contributed by atoms with Crippen molar-refractivity contribution in [3.63, 3.8) is 0 Å². The summed E-state index contributed by atoms with van der Waals surface area (Å²) in [5, 5.41) is 9.58. The summed E-state index contributed by atoms with van der Waals surface area (Å²) in [6.45, 7) is 6.30. The first-order valence-corrected chi connectivity index (χ1v) is 7.86. The monoisotopic (exact) mass is 268 g/mol. The van der Waals surface area contributed by atoms with Gasteiger partial charge in [0.2, 0.25) is 0 Å². The molecule has 102 valence electrons. The second-order valence-electron chi connectivity index (χ2n) is 5.38. The highest BCUT2D eigenvalue weighted by Crippen LogP contribution is 2.22. The zero-order valence-electron chi connectivity index (χ0n) is 11.4. The van der Waals surface area contributed by atoms with E-state index in [0.29, 0.717) is 6.04 Å². The topological polar surface area (TPSA) is 36.4 Å². The number of hydrogen-bond donors (Lipinski definition) is 1. The molecular weight excluding hydrogens is 244 g/mol. The first-order valence-electron chi connectivity index (χ1n) is 6.98. The Morgan fingerprint density at radius 2 is 2.39 bits per heavy atom. The maximum Gasteiger partial charge on any atom is 0.0797 e. The molecule has 0 saturated carbocycles. The average molecular weight is 268 g/mol. The van der Waals surface area contributed by atoms with Crippen LogP contribution in [0.2, 0.25) is 0 Å². The fourth-order valence-corrected chi connectivity index (χ4v) is 3.60. The van der Waals surface area contributed by atoms with E-state index in [9.17, 15) is 5.11 Å². The van der Waals surface area contributed by atoms with Gasteiger partial charge in [-0.15, -0.1) is 11.3 Å². The van der Waals surface area contributed by atoms with Crippen LogP contribution in [0.4, 0.5) is 0 Å². The summed E-state index contributed by atoms with van der Waals surface area (Å²) in [6.07, 6.45) is 5.70. The molecule has 2 rings (SSSR count). The Labute approximate surface area is 114 Å². The highest BCUT2D eigenvalue weighted by Gasteiger charge is 2.23. The zero-order valence-corrected chi connectivity index (χ0v) is 12.2. The molecule has 4 heteroatoms. The number of hydrogen-bond acceptors (Lipinski definition) is 4. The normalized spacial score (nSPS) is 23.2. The maximum absolute atomic E-state index is 9.58. The third kappa shape index (κ3) is 3.77. The third-order valence-electron chi connectivity index (χ3n) is 3.83. The number of aryl methyl sites for hydroxylation is 1. The Bertz CT molecular complexity index is 364. The molecule has 1 aliphatic rings. The van der Waals surface area contributed by atoms with Crippen LogP contribution in [-0.4, -0.2) is 40.2 Å². The molecule has 1 N–H and O–H groups in total. The van der Waals surface area contributed by atoms with Crippen LogP contribution in [0.15, 0.2) is 5.51 Å². The van der Waals surface area contributed by atoms with E-state index in [1.165, 1.54) is 36.4 Å². The van der Waals surface area contributed by atoms with Gasteiger partial charge in [0.1, 0.15) is 0 Å². The highest BCUT2D eigenvalue weighted by atomic mass is 32.1. The lowest BCUT2D eigenvalue weighted by atomic mass is 9.97. The van der Waals surface area contributed by atoms with Crippen LogP contribution >= 0.6 is 11.3 Å². The van der Waals surface area contributed by atoms with E-state index in [4.69, 9.17) is 0 Å². The second kappa shape index (κ2) is 6.64. The van der Waals surface area contributed by atoms with Crippen molar-refractivity contribution in [2.75, 3.05) is 13.1 Å². The second-order valence-corrected chi connectivity index (χ2v) is 6.32. The molecule has 2 heterocycles. The lowest BCUT2D eigenvalue weighted by Crippen LogP contribution is -2.42. The largest absolute Gasteiger partial charge is 0.393 e. The number of thiazole rings is 1. The summed E-state index contributed by atoms with van der Waals surface area (Å²) < 4.78 is 0. The lowest BCUT2D eigenvalue weighted by Gasteiger charge is -2.36. The van der Waals surface area contributed by atoms with E-state index >= 15 is 0 Å². The zero-order chi connectivity index (χ0) is 13.0. The Hall–Kier alpha value is -0.450. The van der Waals surface area contributed by atoms with E-state index in [0.717, 1.165) is 19.4 Å². The molecule has 1 aromatic rings. The van der Waals surface area contributed by atoms with Crippen LogP contribution < -0.4 is 0 Å². The fraction of sp³-hybridized carbons (Fsp3) is 0.786. The number of likely N-dealkylation sites (tertiary alicyclic amines) is 1. The van der Waals surface area contributed by atoms with Crippen LogP contribution in [0, 0.1) is 6.92 Å². The van der Waals surface area contributed by atoms with Crippen molar-refractivity contribution in [1.29, 1.82) is 0 Å². The standard InChI is InChI=1S/C14H24N2OS/c1-11(17)9-13-5-3-4-7-16(13)8-6-14-12(2)15-10-18-14/h10-11,13,17H,3-9H2,1-2H3. The predicted molar refractivity (Wildman–Crippen MR) is 76.1 cm³/mol. The minimum absolute atomic E-state index is 0.180. The Morgan fingerprint density at radius 1 is 1.56 bits per heavy atom. The fourth-order valence-electron chi connectivity index (χ4n) is 2.83. The molecule has 0 bridgehead atoms. The summed E-state index contributed by atoms with van der Waals surface area (Å²) >= 11 is 1.77. The van der Waals surface area contributed by atoms with E-state index < -0.39 is 0 Å². The molecule has 0 aromatic carbocycles. The summed E-state index contributed by atoms with van der Waals surface area (Å²) in [5.74, 6) is 0.